The lowest BCUT2D eigenvalue weighted by Crippen LogP contribution is -2.33. The summed E-state index contributed by atoms with van der Waals surface area (Å²) >= 11 is 0. The molecule has 3 N–H and O–H groups in total. The molecule has 3 saturated carbocycles. The number of carboxylic acid groups (broad SMARTS) is 3. The predicted molar refractivity (Wildman–Crippen MR) is 463 cm³/mol. The summed E-state index contributed by atoms with van der Waals surface area (Å²) in [5.41, 5.74) is 17.6. The van der Waals surface area contributed by atoms with Gasteiger partial charge < -0.3 is 43.7 Å². The molecule has 3 fully saturated rings. The monoisotopic (exact) mass is 1640 g/mol. The number of pyridine rings is 4. The number of nitriles is 1. The van der Waals surface area contributed by atoms with E-state index in [4.69, 9.17) is 43.4 Å². The summed E-state index contributed by atoms with van der Waals surface area (Å²) in [4.78, 5) is 64.1. The van der Waals surface area contributed by atoms with E-state index in [2.05, 4.69) is 157 Å². The summed E-state index contributed by atoms with van der Waals surface area (Å²) in [6, 6.07) is 45.8. The molecule has 0 bridgehead atoms. The first kappa shape index (κ1) is 85.2. The first-order valence-corrected chi connectivity index (χ1v) is 43.8. The maximum absolute atomic E-state index is 18.1. The summed E-state index contributed by atoms with van der Waals surface area (Å²) in [5, 5.41) is 41.2. The molecule has 3 aliphatic carbocycles. The van der Waals surface area contributed by atoms with Crippen LogP contribution in [0.4, 0.5) is 4.39 Å². The standard InChI is InChI=1S/C100H115FN8O12/c1-12-107(13-2)56-84-79(34-35-82(105-84)87-38-31-63-17-26-71(48-90(63)121-87)96(66-22-23-66)60(8)100(114)115)81-51-93(118-11)106-83(97(81)101)40-42-109(57(4)5)55-74-44-67(85-36-29-61-15-24-69(46-88(61)119-85)94(64-18-19-64)58(6)98(110)111)27-32-77(74)72-45-76(104-92(49-72)117-10)39-41-108(14-3)54-73-43-68(28-33-78(73)80-50-91(116-9)103-53-75(80)52-102)86-37-30-62-16-25-70(47-89(62)120-86)95(65-20-21-65)59(7)99(112)113/h15-17,24-28,32-35,43-51,53,57-60,64-66,85-87,94-96H,12-14,18-23,29-31,36-42,54-56H2,1-11H3,(H,110,111)(H,112,113)(H,114,115)/t58-,59-,60-,85?,86?,87?,94-,95-,96-/m0/s1. The molecule has 0 amide bonds. The number of aliphatic carboxylic acids is 3. The van der Waals surface area contributed by atoms with Crippen molar-refractivity contribution in [1.29, 1.82) is 5.26 Å². The summed E-state index contributed by atoms with van der Waals surface area (Å²) in [5.74, 6) is -0.331. The Hall–Kier alpha value is -10.8. The number of aromatic nitrogens is 4. The molecule has 3 unspecified atom stereocenters. The highest BCUT2D eigenvalue weighted by atomic mass is 19.1. The van der Waals surface area contributed by atoms with Gasteiger partial charge in [-0.15, -0.1) is 0 Å². The zero-order chi connectivity index (χ0) is 85.0. The first-order valence-electron chi connectivity index (χ1n) is 43.8. The second kappa shape index (κ2) is 37.3. The van der Waals surface area contributed by atoms with Gasteiger partial charge in [-0.3, -0.25) is 34.1 Å². The fourth-order valence-electron chi connectivity index (χ4n) is 19.0. The van der Waals surface area contributed by atoms with Crippen molar-refractivity contribution in [2.75, 3.05) is 54.1 Å². The Morgan fingerprint density at radius 1 is 0.488 bits per heavy atom. The largest absolute Gasteiger partial charge is 0.485 e. The van der Waals surface area contributed by atoms with Crippen molar-refractivity contribution in [2.45, 2.75) is 207 Å². The van der Waals surface area contributed by atoms with Crippen LogP contribution in [0.5, 0.6) is 34.9 Å². The van der Waals surface area contributed by atoms with Crippen molar-refractivity contribution in [3.8, 4) is 74.3 Å². The maximum Gasteiger partial charge on any atom is 0.306 e. The van der Waals surface area contributed by atoms with Gasteiger partial charge in [-0.2, -0.15) is 5.26 Å². The van der Waals surface area contributed by atoms with E-state index in [9.17, 15) is 35.0 Å². The van der Waals surface area contributed by atoms with Gasteiger partial charge in [0.15, 0.2) is 5.82 Å². The third-order valence-corrected chi connectivity index (χ3v) is 26.7. The molecule has 121 heavy (non-hydrogen) atoms. The number of carboxylic acids is 3. The van der Waals surface area contributed by atoms with Crippen LogP contribution in [0.2, 0.25) is 0 Å². The van der Waals surface area contributed by atoms with Gasteiger partial charge in [0.05, 0.1) is 61.7 Å². The van der Waals surface area contributed by atoms with Crippen LogP contribution in [0.15, 0.2) is 134 Å². The van der Waals surface area contributed by atoms with Gasteiger partial charge in [0.25, 0.3) is 0 Å². The van der Waals surface area contributed by atoms with Crippen LogP contribution in [-0.4, -0.2) is 128 Å². The smallest absolute Gasteiger partial charge is 0.306 e. The molecule has 0 spiro atoms. The summed E-state index contributed by atoms with van der Waals surface area (Å²) in [6.45, 7) is 20.7. The molecule has 9 aromatic rings. The normalized spacial score (nSPS) is 18.3. The van der Waals surface area contributed by atoms with Crippen LogP contribution < -0.4 is 28.4 Å². The molecule has 4 aromatic heterocycles. The Bertz CT molecular complexity index is 5340. The highest BCUT2D eigenvalue weighted by molar-refractivity contribution is 5.76. The Kier molecular flexibility index (Phi) is 26.2. The molecule has 0 saturated heterocycles. The topological polar surface area (TPSA) is 252 Å². The van der Waals surface area contributed by atoms with Gasteiger partial charge in [0.2, 0.25) is 17.6 Å². The number of rotatable bonds is 37. The third-order valence-electron chi connectivity index (χ3n) is 26.7. The van der Waals surface area contributed by atoms with Gasteiger partial charge in [-0.1, -0.05) is 120 Å². The van der Waals surface area contributed by atoms with Gasteiger partial charge in [-0.25, -0.2) is 19.3 Å². The van der Waals surface area contributed by atoms with Gasteiger partial charge in [0, 0.05) is 98.4 Å². The fourth-order valence-corrected chi connectivity index (χ4v) is 19.0. The minimum atomic E-state index is -0.801. The number of hydrogen-bond acceptors (Lipinski definition) is 17. The molecular formula is C100H115FN8O12. The Morgan fingerprint density at radius 3 is 1.45 bits per heavy atom. The van der Waals surface area contributed by atoms with Crippen LogP contribution in [0, 0.1) is 52.7 Å². The van der Waals surface area contributed by atoms with Crippen molar-refractivity contribution in [3.05, 3.63) is 223 Å². The fraction of sp³-hybridized carbons (Fsp3) is 0.460. The van der Waals surface area contributed by atoms with Crippen molar-refractivity contribution in [3.63, 3.8) is 0 Å². The zero-order valence-corrected chi connectivity index (χ0v) is 71.7. The number of carbonyl (C=O) groups is 3. The van der Waals surface area contributed by atoms with E-state index < -0.39 is 41.5 Å². The van der Waals surface area contributed by atoms with Crippen LogP contribution in [-0.2, 0) is 66.1 Å². The van der Waals surface area contributed by atoms with E-state index >= 15 is 4.39 Å². The average Bonchev–Trinajstić information content (AvgIpc) is 1.39. The van der Waals surface area contributed by atoms with Crippen LogP contribution in [0.1, 0.15) is 233 Å². The molecule has 634 valence electrons. The van der Waals surface area contributed by atoms with Gasteiger partial charge in [0.1, 0.15) is 41.6 Å². The van der Waals surface area contributed by atoms with Crippen molar-refractivity contribution in [2.24, 2.45) is 35.5 Å². The van der Waals surface area contributed by atoms with Crippen LogP contribution >= 0.6 is 0 Å². The van der Waals surface area contributed by atoms with E-state index in [0.29, 0.717) is 110 Å². The number of benzene rings is 5. The summed E-state index contributed by atoms with van der Waals surface area (Å²) in [6.07, 6.45) is 11.9. The molecule has 7 heterocycles. The Balaban J connectivity index is 0.731. The average molecular weight is 1640 g/mol. The van der Waals surface area contributed by atoms with E-state index in [0.717, 1.165) is 185 Å². The van der Waals surface area contributed by atoms with E-state index in [1.165, 1.54) is 0 Å². The van der Waals surface area contributed by atoms with Gasteiger partial charge in [-0.05, 0) is 249 Å². The lowest BCUT2D eigenvalue weighted by atomic mass is 9.82. The van der Waals surface area contributed by atoms with E-state index in [-0.39, 0.29) is 60.1 Å². The predicted octanol–water partition coefficient (Wildman–Crippen LogP) is 19.5. The third kappa shape index (κ3) is 19.1. The summed E-state index contributed by atoms with van der Waals surface area (Å²) in [7, 11) is 4.77. The Labute approximate surface area is 710 Å². The minimum Gasteiger partial charge on any atom is -0.485 e. The summed E-state index contributed by atoms with van der Waals surface area (Å²) < 4.78 is 56.7. The molecule has 20 nitrogen and oxygen atoms in total. The maximum atomic E-state index is 18.1. The van der Waals surface area contributed by atoms with Crippen molar-refractivity contribution in [1.82, 2.24) is 34.6 Å². The van der Waals surface area contributed by atoms with E-state index in [1.54, 1.807) is 40.5 Å². The van der Waals surface area contributed by atoms with Crippen LogP contribution in [0.25, 0.3) is 33.4 Å². The number of methoxy groups -OCH3 is 3. The lowest BCUT2D eigenvalue weighted by Gasteiger charge is -2.31. The number of ether oxygens (including phenoxy) is 6. The Morgan fingerprint density at radius 2 is 0.967 bits per heavy atom. The number of halogens is 1. The highest BCUT2D eigenvalue weighted by Crippen LogP contribution is 2.53. The minimum absolute atomic E-state index is 0.0315. The number of nitrogens with zero attached hydrogens (tertiary/aromatic N) is 8. The molecule has 9 atom stereocenters. The lowest BCUT2D eigenvalue weighted by molar-refractivity contribution is -0.143. The number of fused-ring (bicyclic) bond motifs is 3. The van der Waals surface area contributed by atoms with Crippen LogP contribution in [0.3, 0.4) is 0 Å². The van der Waals surface area contributed by atoms with Crippen molar-refractivity contribution >= 4 is 17.9 Å². The number of aryl methyl sites for hydroxylation is 3. The highest BCUT2D eigenvalue weighted by Gasteiger charge is 2.43. The van der Waals surface area contributed by atoms with Crippen molar-refractivity contribution < 1.29 is 62.5 Å². The number of likely N-dealkylation sites (N-methyl/N-ethyl adjacent to an activating group) is 1. The molecule has 0 radical (unpaired) electrons. The second-order valence-corrected chi connectivity index (χ2v) is 34.7. The number of hydrogen-bond donors (Lipinski definition) is 3. The van der Waals surface area contributed by atoms with Gasteiger partial charge >= 0.3 is 17.9 Å². The van der Waals surface area contributed by atoms with E-state index in [1.807, 2.05) is 38.1 Å². The zero-order valence-electron chi connectivity index (χ0n) is 71.7. The molecule has 3 aliphatic heterocycles. The molecule has 6 aliphatic rings. The molecule has 21 heteroatoms. The SMILES string of the molecule is CCN(CCc1cc(-c2ccc(C3CCc4ccc([C@H](C5CC5)[C@H](C)C(=O)O)cc4O3)cc2CN(CCc2nc(OC)cc(-c3ccc(C4CCc5ccc([C@H](C6CC6)[C@H](C)C(=O)O)cc5O4)nc3CN(CC)CC)c2F)C(C)C)cc(OC)n1)Cc1cc(C2CCc3ccc([C@H](C4CC4)[C@H](C)C(=O)O)cc3O2)ccc1-c1cc(OC)ncc1C#N. The molecule has 5 aromatic carbocycles. The quantitative estimate of drug-likeness (QED) is 0.0327. The molecular weight excluding hydrogens is 1520 g/mol. The molecule has 15 rings (SSSR count). The second-order valence-electron chi connectivity index (χ2n) is 34.7. The first-order chi connectivity index (χ1) is 58.5.